The van der Waals surface area contributed by atoms with E-state index in [4.69, 9.17) is 0 Å². The van der Waals surface area contributed by atoms with Crippen LogP contribution in [0.5, 0.6) is 0 Å². The second-order valence-corrected chi connectivity index (χ2v) is 0.707. The molecular weight excluding hydrogens is 321 g/mol. The quantitative estimate of drug-likeness (QED) is 0.594. The van der Waals surface area contributed by atoms with Crippen molar-refractivity contribution in [3.05, 3.63) is 7.43 Å². The largest absolute Gasteiger partial charge is 0.358 e. The molecule has 0 nitrogen and oxygen atoms in total. The third-order valence-corrected chi connectivity index (χ3v) is 0. The Hall–Kier alpha value is 1.79. The SMILES string of the molecule is CCC.[CH3-].[W].[Y]. The molecule has 0 aromatic rings. The standard InChI is InChI=1S/C3H8.CH3.W.Y/c1-3-2;;;/h3H2,1-2H3;1H3;;/q;-1;;. The Balaban J connectivity index is -0.00000000667. The summed E-state index contributed by atoms with van der Waals surface area (Å²) in [6, 6.07) is 0. The summed E-state index contributed by atoms with van der Waals surface area (Å²) in [5.74, 6) is 0. The van der Waals surface area contributed by atoms with Gasteiger partial charge >= 0.3 is 0 Å². The van der Waals surface area contributed by atoms with Gasteiger partial charge in [-0.2, -0.15) is 0 Å². The summed E-state index contributed by atoms with van der Waals surface area (Å²) in [7, 11) is 0. The van der Waals surface area contributed by atoms with Gasteiger partial charge < -0.3 is 7.43 Å². The average Bonchev–Trinajstić information content (AvgIpc) is 0.918. The summed E-state index contributed by atoms with van der Waals surface area (Å²) in [6.45, 7) is 4.25. The van der Waals surface area contributed by atoms with Crippen LogP contribution >= 0.6 is 0 Å². The van der Waals surface area contributed by atoms with Crippen LogP contribution in [-0.4, -0.2) is 0 Å². The van der Waals surface area contributed by atoms with Crippen LogP contribution in [0.15, 0.2) is 0 Å². The zero-order valence-corrected chi connectivity index (χ0v) is 10.5. The van der Waals surface area contributed by atoms with Crippen molar-refractivity contribution >= 4 is 0 Å². The predicted molar refractivity (Wildman–Crippen MR) is 22.4 cm³/mol. The second kappa shape index (κ2) is 29.2. The Kier molecular flexibility index (Phi) is 122. The van der Waals surface area contributed by atoms with Crippen molar-refractivity contribution in [1.82, 2.24) is 0 Å². The van der Waals surface area contributed by atoms with Crippen LogP contribution in [0.2, 0.25) is 0 Å². The van der Waals surface area contributed by atoms with E-state index in [-0.39, 0.29) is 61.2 Å². The molecule has 0 unspecified atom stereocenters. The smallest absolute Gasteiger partial charge is 0 e. The molecule has 0 aromatic heterocycles. The zero-order valence-electron chi connectivity index (χ0n) is 4.69. The molecule has 0 atom stereocenters. The summed E-state index contributed by atoms with van der Waals surface area (Å²) in [5.41, 5.74) is 0. The molecule has 0 saturated carbocycles. The summed E-state index contributed by atoms with van der Waals surface area (Å²) >= 11 is 0. The summed E-state index contributed by atoms with van der Waals surface area (Å²) in [6.07, 6.45) is 1.25. The van der Waals surface area contributed by atoms with Gasteiger partial charge in [0.25, 0.3) is 0 Å². The number of rotatable bonds is 0. The van der Waals surface area contributed by atoms with Gasteiger partial charge in [-0.15, -0.1) is 0 Å². The van der Waals surface area contributed by atoms with E-state index in [0.717, 1.165) is 0 Å². The summed E-state index contributed by atoms with van der Waals surface area (Å²) < 4.78 is 0. The first-order valence-electron chi connectivity index (χ1n) is 1.41. The van der Waals surface area contributed by atoms with Gasteiger partial charge in [-0.3, -0.25) is 0 Å². The first kappa shape index (κ1) is 25.0. The molecule has 2 heteroatoms. The van der Waals surface area contributed by atoms with Gasteiger partial charge in [0.2, 0.25) is 0 Å². The van der Waals surface area contributed by atoms with E-state index in [9.17, 15) is 0 Å². The van der Waals surface area contributed by atoms with E-state index in [1.807, 2.05) is 0 Å². The fourth-order valence-electron chi connectivity index (χ4n) is 0. The van der Waals surface area contributed by atoms with Crippen LogP contribution in [0.1, 0.15) is 20.3 Å². The Labute approximate surface area is 80.6 Å². The number of hydrogen-bond acceptors (Lipinski definition) is 0. The Bertz CT molecular complexity index is 7.51. The number of hydrogen-bond donors (Lipinski definition) is 0. The van der Waals surface area contributed by atoms with Crippen molar-refractivity contribution in [3.8, 4) is 0 Å². The van der Waals surface area contributed by atoms with Gasteiger partial charge in [0.15, 0.2) is 0 Å². The minimum atomic E-state index is 0. The van der Waals surface area contributed by atoms with Crippen molar-refractivity contribution in [2.24, 2.45) is 0 Å². The van der Waals surface area contributed by atoms with Gasteiger partial charge in [-0.25, -0.2) is 0 Å². The Morgan fingerprint density at radius 3 is 1.17 bits per heavy atom. The van der Waals surface area contributed by atoms with Crippen LogP contribution in [-0.2, 0) is 53.8 Å². The van der Waals surface area contributed by atoms with Crippen LogP contribution in [0.3, 0.4) is 0 Å². The van der Waals surface area contributed by atoms with Gasteiger partial charge in [0.05, 0.1) is 0 Å². The van der Waals surface area contributed by atoms with Crippen molar-refractivity contribution in [1.29, 1.82) is 0 Å². The van der Waals surface area contributed by atoms with Gasteiger partial charge in [-0.1, -0.05) is 20.3 Å². The van der Waals surface area contributed by atoms with Crippen LogP contribution in [0, 0.1) is 7.43 Å². The fourth-order valence-corrected chi connectivity index (χ4v) is 0. The topological polar surface area (TPSA) is 0 Å². The molecule has 0 amide bonds. The maximum absolute atomic E-state index is 2.12. The molecule has 6 heavy (non-hydrogen) atoms. The molecular formula is C4H11WY-. The molecule has 0 N–H and O–H groups in total. The van der Waals surface area contributed by atoms with Crippen molar-refractivity contribution in [2.45, 2.75) is 20.3 Å². The van der Waals surface area contributed by atoms with Gasteiger partial charge in [0, 0.05) is 53.8 Å². The van der Waals surface area contributed by atoms with Crippen molar-refractivity contribution < 1.29 is 53.8 Å². The van der Waals surface area contributed by atoms with E-state index in [1.54, 1.807) is 0 Å². The van der Waals surface area contributed by atoms with E-state index in [0.29, 0.717) is 0 Å². The first-order chi connectivity index (χ1) is 1.41. The Morgan fingerprint density at radius 1 is 1.17 bits per heavy atom. The third kappa shape index (κ3) is 41.4. The van der Waals surface area contributed by atoms with Crippen molar-refractivity contribution in [3.63, 3.8) is 0 Å². The molecule has 37 valence electrons. The molecule has 0 rings (SSSR count). The Morgan fingerprint density at radius 2 is 1.17 bits per heavy atom. The maximum Gasteiger partial charge on any atom is 0 e. The van der Waals surface area contributed by atoms with Crippen LogP contribution < -0.4 is 0 Å². The van der Waals surface area contributed by atoms with Crippen LogP contribution in [0.4, 0.5) is 0 Å². The summed E-state index contributed by atoms with van der Waals surface area (Å²) in [5, 5.41) is 0. The van der Waals surface area contributed by atoms with E-state index >= 15 is 0 Å². The molecule has 0 aliphatic rings. The zero-order chi connectivity index (χ0) is 2.71. The minimum Gasteiger partial charge on any atom is -0.358 e. The molecule has 0 spiro atoms. The van der Waals surface area contributed by atoms with Gasteiger partial charge in [-0.05, 0) is 0 Å². The maximum atomic E-state index is 2.12. The molecule has 0 bridgehead atoms. The normalized spacial score (nSPS) is 3.00. The summed E-state index contributed by atoms with van der Waals surface area (Å²) in [4.78, 5) is 0. The van der Waals surface area contributed by atoms with Gasteiger partial charge in [0.1, 0.15) is 0 Å². The molecule has 1 radical (unpaired) electrons. The van der Waals surface area contributed by atoms with E-state index < -0.39 is 0 Å². The molecule has 0 heterocycles. The van der Waals surface area contributed by atoms with Crippen molar-refractivity contribution in [2.75, 3.05) is 0 Å². The van der Waals surface area contributed by atoms with E-state index in [1.165, 1.54) is 6.42 Å². The monoisotopic (exact) mass is 332 g/mol. The molecule has 0 aliphatic carbocycles. The average molecular weight is 332 g/mol. The molecule has 0 aliphatic heterocycles. The minimum absolute atomic E-state index is 0. The molecule has 0 aromatic carbocycles. The third-order valence-electron chi connectivity index (χ3n) is 0. The first-order valence-corrected chi connectivity index (χ1v) is 1.41. The molecule has 0 fully saturated rings. The van der Waals surface area contributed by atoms with Crippen LogP contribution in [0.25, 0.3) is 0 Å². The fraction of sp³-hybridized carbons (Fsp3) is 0.750. The van der Waals surface area contributed by atoms with E-state index in [2.05, 4.69) is 13.8 Å². The second-order valence-electron chi connectivity index (χ2n) is 0.707. The predicted octanol–water partition coefficient (Wildman–Crippen LogP) is 1.86. The molecule has 0 saturated heterocycles.